The molecule has 0 atom stereocenters. The molecule has 0 bridgehead atoms. The molecular weight excluding hydrogens is 278 g/mol. The largest absolute Gasteiger partial charge is 0.490 e. The second kappa shape index (κ2) is 7.40. The monoisotopic (exact) mass is 291 g/mol. The van der Waals surface area contributed by atoms with Gasteiger partial charge in [-0.3, -0.25) is 5.32 Å². The van der Waals surface area contributed by atoms with Gasteiger partial charge in [-0.1, -0.05) is 29.8 Å². The van der Waals surface area contributed by atoms with E-state index in [0.29, 0.717) is 16.5 Å². The van der Waals surface area contributed by atoms with Crippen LogP contribution in [0, 0.1) is 0 Å². The lowest BCUT2D eigenvalue weighted by molar-refractivity contribution is 0.138. The molecule has 0 unspecified atom stereocenters. The molecule has 2 aromatic carbocycles. The number of hydrogen-bond donors (Lipinski definition) is 1. The van der Waals surface area contributed by atoms with Gasteiger partial charge in [0.2, 0.25) is 0 Å². The molecule has 0 saturated carbocycles. The first-order valence-corrected chi connectivity index (χ1v) is 6.49. The van der Waals surface area contributed by atoms with E-state index in [9.17, 15) is 4.79 Å². The summed E-state index contributed by atoms with van der Waals surface area (Å²) in [6.07, 6.45) is -0.504. The average Bonchev–Trinajstić information content (AvgIpc) is 2.46. The van der Waals surface area contributed by atoms with Crippen molar-refractivity contribution >= 4 is 23.4 Å². The third-order valence-electron chi connectivity index (χ3n) is 2.42. The zero-order chi connectivity index (χ0) is 14.2. The Labute approximate surface area is 122 Å². The number of ether oxygens (including phenoxy) is 2. The fourth-order valence-electron chi connectivity index (χ4n) is 1.50. The van der Waals surface area contributed by atoms with Crippen LogP contribution in [0.25, 0.3) is 0 Å². The fourth-order valence-corrected chi connectivity index (χ4v) is 1.63. The van der Waals surface area contributed by atoms with Crippen LogP contribution in [0.3, 0.4) is 0 Å². The summed E-state index contributed by atoms with van der Waals surface area (Å²) >= 11 is 5.76. The predicted octanol–water partition coefficient (Wildman–Crippen LogP) is 3.97. The lowest BCUT2D eigenvalue weighted by atomic mass is 10.3. The van der Waals surface area contributed by atoms with Gasteiger partial charge in [-0.25, -0.2) is 4.79 Å². The van der Waals surface area contributed by atoms with Gasteiger partial charge in [-0.2, -0.15) is 0 Å². The van der Waals surface area contributed by atoms with Gasteiger partial charge < -0.3 is 9.47 Å². The van der Waals surface area contributed by atoms with E-state index < -0.39 is 6.09 Å². The van der Waals surface area contributed by atoms with E-state index in [2.05, 4.69) is 5.32 Å². The average molecular weight is 292 g/mol. The van der Waals surface area contributed by atoms with E-state index in [1.165, 1.54) is 0 Å². The lowest BCUT2D eigenvalue weighted by Gasteiger charge is -2.08. The SMILES string of the molecule is O=C(Nc1ccccc1)OCCOc1ccc(Cl)cc1. The van der Waals surface area contributed by atoms with E-state index in [-0.39, 0.29) is 13.2 Å². The van der Waals surface area contributed by atoms with Gasteiger partial charge >= 0.3 is 6.09 Å². The van der Waals surface area contributed by atoms with Crippen molar-refractivity contribution in [1.82, 2.24) is 0 Å². The molecule has 0 aliphatic carbocycles. The molecule has 4 nitrogen and oxygen atoms in total. The third-order valence-corrected chi connectivity index (χ3v) is 2.67. The van der Waals surface area contributed by atoms with Crippen molar-refractivity contribution in [2.24, 2.45) is 0 Å². The van der Waals surface area contributed by atoms with Gasteiger partial charge in [0.15, 0.2) is 0 Å². The van der Waals surface area contributed by atoms with E-state index in [4.69, 9.17) is 21.1 Å². The molecule has 0 aromatic heterocycles. The van der Waals surface area contributed by atoms with Crippen molar-refractivity contribution < 1.29 is 14.3 Å². The summed E-state index contributed by atoms with van der Waals surface area (Å²) < 4.78 is 10.4. The number of rotatable bonds is 5. The Morgan fingerprint density at radius 1 is 1.00 bits per heavy atom. The highest BCUT2D eigenvalue weighted by atomic mass is 35.5. The molecule has 2 aromatic rings. The summed E-state index contributed by atoms with van der Waals surface area (Å²) in [6.45, 7) is 0.450. The van der Waals surface area contributed by atoms with Gasteiger partial charge in [0, 0.05) is 10.7 Å². The van der Waals surface area contributed by atoms with Crippen molar-refractivity contribution in [3.63, 3.8) is 0 Å². The van der Waals surface area contributed by atoms with Gasteiger partial charge in [-0.05, 0) is 36.4 Å². The molecule has 0 heterocycles. The maximum atomic E-state index is 11.5. The maximum absolute atomic E-state index is 11.5. The molecule has 0 aliphatic heterocycles. The number of benzene rings is 2. The molecule has 104 valence electrons. The van der Waals surface area contributed by atoms with Crippen LogP contribution in [0.5, 0.6) is 5.75 Å². The molecule has 1 N–H and O–H groups in total. The number of amides is 1. The van der Waals surface area contributed by atoms with Crippen LogP contribution in [-0.4, -0.2) is 19.3 Å². The first kappa shape index (κ1) is 14.2. The maximum Gasteiger partial charge on any atom is 0.411 e. The van der Waals surface area contributed by atoms with Crippen LogP contribution in [0.2, 0.25) is 5.02 Å². The second-order valence-electron chi connectivity index (χ2n) is 3.93. The smallest absolute Gasteiger partial charge is 0.411 e. The van der Waals surface area contributed by atoms with E-state index in [0.717, 1.165) is 0 Å². The van der Waals surface area contributed by atoms with Crippen molar-refractivity contribution in [3.05, 3.63) is 59.6 Å². The summed E-state index contributed by atoms with van der Waals surface area (Å²) in [5.41, 5.74) is 0.691. The van der Waals surface area contributed by atoms with Crippen LogP contribution in [0.15, 0.2) is 54.6 Å². The summed E-state index contributed by atoms with van der Waals surface area (Å²) in [4.78, 5) is 11.5. The normalized spacial score (nSPS) is 9.85. The highest BCUT2D eigenvalue weighted by Gasteiger charge is 2.02. The molecular formula is C15H14ClNO3. The molecule has 20 heavy (non-hydrogen) atoms. The molecule has 1 amide bonds. The van der Waals surface area contributed by atoms with E-state index in [1.54, 1.807) is 36.4 Å². The van der Waals surface area contributed by atoms with Gasteiger partial charge in [0.05, 0.1) is 0 Å². The Balaban J connectivity index is 1.66. The second-order valence-corrected chi connectivity index (χ2v) is 4.37. The van der Waals surface area contributed by atoms with Crippen LogP contribution in [0.1, 0.15) is 0 Å². The minimum absolute atomic E-state index is 0.168. The standard InChI is InChI=1S/C15H14ClNO3/c16-12-6-8-14(9-7-12)19-10-11-20-15(18)17-13-4-2-1-3-5-13/h1-9H,10-11H2,(H,17,18). The zero-order valence-electron chi connectivity index (χ0n) is 10.7. The molecule has 0 saturated heterocycles. The van der Waals surface area contributed by atoms with Crippen molar-refractivity contribution in [2.45, 2.75) is 0 Å². The van der Waals surface area contributed by atoms with Crippen LogP contribution in [0.4, 0.5) is 10.5 Å². The summed E-state index contributed by atoms with van der Waals surface area (Å²) in [7, 11) is 0. The zero-order valence-corrected chi connectivity index (χ0v) is 11.5. The molecule has 0 radical (unpaired) electrons. The Hall–Kier alpha value is -2.20. The van der Waals surface area contributed by atoms with Gasteiger partial charge in [-0.15, -0.1) is 0 Å². The number of hydrogen-bond acceptors (Lipinski definition) is 3. The fraction of sp³-hybridized carbons (Fsp3) is 0.133. The molecule has 5 heteroatoms. The molecule has 0 spiro atoms. The third kappa shape index (κ3) is 4.82. The van der Waals surface area contributed by atoms with Gasteiger partial charge in [0.1, 0.15) is 19.0 Å². The van der Waals surface area contributed by atoms with Crippen LogP contribution < -0.4 is 10.1 Å². The van der Waals surface area contributed by atoms with Crippen LogP contribution in [-0.2, 0) is 4.74 Å². The minimum Gasteiger partial charge on any atom is -0.490 e. The summed E-state index contributed by atoms with van der Waals surface area (Å²) in [6, 6.07) is 16.1. The first-order valence-electron chi connectivity index (χ1n) is 6.11. The Morgan fingerprint density at radius 3 is 2.40 bits per heavy atom. The first-order chi connectivity index (χ1) is 9.74. The number of carbonyl (C=O) groups excluding carboxylic acids is 1. The molecule has 0 fully saturated rings. The number of halogens is 1. The Kier molecular flexibility index (Phi) is 5.26. The van der Waals surface area contributed by atoms with Crippen molar-refractivity contribution in [2.75, 3.05) is 18.5 Å². The lowest BCUT2D eigenvalue weighted by Crippen LogP contribution is -2.17. The van der Waals surface area contributed by atoms with Gasteiger partial charge in [0.25, 0.3) is 0 Å². The van der Waals surface area contributed by atoms with Crippen molar-refractivity contribution in [1.29, 1.82) is 0 Å². The predicted molar refractivity (Wildman–Crippen MR) is 78.4 cm³/mol. The topological polar surface area (TPSA) is 47.6 Å². The summed E-state index contributed by atoms with van der Waals surface area (Å²) in [5.74, 6) is 0.682. The van der Waals surface area contributed by atoms with E-state index >= 15 is 0 Å². The Morgan fingerprint density at radius 2 is 1.70 bits per heavy atom. The van der Waals surface area contributed by atoms with E-state index in [1.807, 2.05) is 18.2 Å². The number of carbonyl (C=O) groups is 1. The molecule has 0 aliphatic rings. The number of para-hydroxylation sites is 1. The quantitative estimate of drug-likeness (QED) is 0.848. The van der Waals surface area contributed by atoms with Crippen LogP contribution >= 0.6 is 11.6 Å². The summed E-state index contributed by atoms with van der Waals surface area (Å²) in [5, 5.41) is 3.26. The molecule has 2 rings (SSSR count). The minimum atomic E-state index is -0.504. The highest BCUT2D eigenvalue weighted by Crippen LogP contribution is 2.15. The van der Waals surface area contributed by atoms with Crippen molar-refractivity contribution in [3.8, 4) is 5.75 Å². The highest BCUT2D eigenvalue weighted by molar-refractivity contribution is 6.30. The number of anilines is 1. The number of nitrogens with one attached hydrogen (secondary N) is 1. The Bertz CT molecular complexity index is 543.